The van der Waals surface area contributed by atoms with E-state index >= 15 is 0 Å². The van der Waals surface area contributed by atoms with Gasteiger partial charge in [-0.05, 0) is 152 Å². The SMILES string of the molecule is C#CC(CC(C)CC(C)C(=C)CCCCC)C(CC)CC1CCC2(C(C(C)(C)C)C(C)(CC)CC3CCC(CC)C3C)CC=C(C1C)C2CC. The molecule has 0 heteroatoms. The van der Waals surface area contributed by atoms with Gasteiger partial charge in [-0.1, -0.05) is 146 Å². The summed E-state index contributed by atoms with van der Waals surface area (Å²) in [7, 11) is 0. The summed E-state index contributed by atoms with van der Waals surface area (Å²) >= 11 is 0. The average molecular weight is 689 g/mol. The zero-order valence-electron chi connectivity index (χ0n) is 36.2. The summed E-state index contributed by atoms with van der Waals surface area (Å²) in [5.74, 6) is 11.2. The molecule has 2 bridgehead atoms. The van der Waals surface area contributed by atoms with Crippen LogP contribution in [-0.2, 0) is 0 Å². The van der Waals surface area contributed by atoms with Crippen molar-refractivity contribution in [3.63, 3.8) is 0 Å². The van der Waals surface area contributed by atoms with E-state index in [0.29, 0.717) is 40.4 Å². The minimum atomic E-state index is 0.283. The van der Waals surface area contributed by atoms with E-state index in [0.717, 1.165) is 35.5 Å². The van der Waals surface area contributed by atoms with Crippen LogP contribution in [0, 0.1) is 93.7 Å². The highest BCUT2D eigenvalue weighted by atomic mass is 14.6. The lowest BCUT2D eigenvalue weighted by atomic mass is 9.47. The fourth-order valence-corrected chi connectivity index (χ4v) is 13.5. The van der Waals surface area contributed by atoms with E-state index < -0.39 is 0 Å². The van der Waals surface area contributed by atoms with E-state index in [9.17, 15) is 0 Å². The molecule has 0 heterocycles. The number of unbranched alkanes of at least 4 members (excludes halogenated alkanes) is 2. The van der Waals surface area contributed by atoms with Crippen LogP contribution in [0.15, 0.2) is 23.8 Å². The summed E-state index contributed by atoms with van der Waals surface area (Å²) in [5.41, 5.74) is 4.35. The van der Waals surface area contributed by atoms with E-state index in [2.05, 4.69) is 109 Å². The van der Waals surface area contributed by atoms with E-state index in [1.807, 2.05) is 5.57 Å². The van der Waals surface area contributed by atoms with E-state index in [1.54, 1.807) is 0 Å². The lowest BCUT2D eigenvalue weighted by molar-refractivity contribution is -0.0860. The molecule has 288 valence electrons. The van der Waals surface area contributed by atoms with Crippen LogP contribution in [-0.4, -0.2) is 0 Å². The number of hydrogen-bond acceptors (Lipinski definition) is 0. The maximum atomic E-state index is 6.43. The van der Waals surface area contributed by atoms with Crippen LogP contribution in [0.1, 0.15) is 199 Å². The lowest BCUT2D eigenvalue weighted by Gasteiger charge is -2.58. The summed E-state index contributed by atoms with van der Waals surface area (Å²) in [6.45, 7) is 37.5. The topological polar surface area (TPSA) is 0 Å². The number of fused-ring (bicyclic) bond motifs is 2. The third-order valence-corrected chi connectivity index (χ3v) is 16.2. The smallest absolute Gasteiger partial charge is 0.0231 e. The Morgan fingerprint density at radius 2 is 1.62 bits per heavy atom. The van der Waals surface area contributed by atoms with Crippen molar-refractivity contribution in [1.29, 1.82) is 0 Å². The minimum Gasteiger partial charge on any atom is -0.120 e. The predicted octanol–water partition coefficient (Wildman–Crippen LogP) is 15.8. The first-order valence-corrected chi connectivity index (χ1v) is 22.4. The number of hydrogen-bond donors (Lipinski definition) is 0. The third-order valence-electron chi connectivity index (χ3n) is 16.2. The van der Waals surface area contributed by atoms with Crippen LogP contribution in [0.2, 0.25) is 0 Å². The summed E-state index contributed by atoms with van der Waals surface area (Å²) in [6.07, 6.45) is 31.7. The third kappa shape index (κ3) is 9.77. The van der Waals surface area contributed by atoms with Gasteiger partial charge in [0.05, 0.1) is 0 Å². The zero-order valence-corrected chi connectivity index (χ0v) is 36.2. The van der Waals surface area contributed by atoms with Crippen LogP contribution in [0.5, 0.6) is 0 Å². The molecule has 0 aromatic heterocycles. The van der Waals surface area contributed by atoms with Crippen molar-refractivity contribution in [2.24, 2.45) is 81.3 Å². The second-order valence-corrected chi connectivity index (χ2v) is 20.3. The predicted molar refractivity (Wildman–Crippen MR) is 224 cm³/mol. The molecule has 0 N–H and O–H groups in total. The average Bonchev–Trinajstić information content (AvgIpc) is 3.58. The summed E-state index contributed by atoms with van der Waals surface area (Å²) < 4.78 is 0. The number of terminal acetylenes is 1. The van der Waals surface area contributed by atoms with Gasteiger partial charge in [0.2, 0.25) is 0 Å². The molecule has 0 aromatic carbocycles. The van der Waals surface area contributed by atoms with E-state index in [1.165, 1.54) is 115 Å². The fraction of sp³-hybridized carbons (Fsp3) is 0.880. The van der Waals surface area contributed by atoms with Crippen molar-refractivity contribution in [3.05, 3.63) is 23.8 Å². The monoisotopic (exact) mass is 689 g/mol. The molecule has 50 heavy (non-hydrogen) atoms. The van der Waals surface area contributed by atoms with Crippen LogP contribution in [0.4, 0.5) is 0 Å². The Morgan fingerprint density at radius 1 is 0.940 bits per heavy atom. The van der Waals surface area contributed by atoms with Gasteiger partial charge in [0.1, 0.15) is 0 Å². The van der Waals surface area contributed by atoms with Gasteiger partial charge in [-0.25, -0.2) is 0 Å². The Labute approximate surface area is 315 Å². The summed E-state index contributed by atoms with van der Waals surface area (Å²) in [5, 5.41) is 0. The van der Waals surface area contributed by atoms with Gasteiger partial charge in [-0.3, -0.25) is 0 Å². The zero-order chi connectivity index (χ0) is 37.4. The van der Waals surface area contributed by atoms with Gasteiger partial charge in [0.15, 0.2) is 0 Å². The maximum absolute atomic E-state index is 6.43. The Balaban J connectivity index is 1.84. The Bertz CT molecular complexity index is 1110. The first-order valence-electron chi connectivity index (χ1n) is 22.4. The van der Waals surface area contributed by atoms with Gasteiger partial charge in [-0.15, -0.1) is 12.3 Å². The van der Waals surface area contributed by atoms with Gasteiger partial charge in [-0.2, -0.15) is 0 Å². The molecule has 13 unspecified atom stereocenters. The fourth-order valence-electron chi connectivity index (χ4n) is 13.5. The Kier molecular flexibility index (Phi) is 16.4. The molecule has 0 saturated heterocycles. The first kappa shape index (κ1) is 43.4. The standard InChI is InChI=1S/C50H88/c1-16-22-23-24-36(8)37(9)31-35(7)32-41(18-3)42(19-4)33-43-27-29-50(30-28-45(39(43)11)46(50)20-5)47(48(12,13)14)49(15,21-6)34-44-26-25-40(17-2)38(44)10/h3,28,35,37-44,46-47H,8,16-17,19-27,29-34H2,1-2,4-7,9-15H3. The van der Waals surface area contributed by atoms with E-state index in [4.69, 9.17) is 6.42 Å². The van der Waals surface area contributed by atoms with Gasteiger partial charge in [0, 0.05) is 5.92 Å². The molecule has 3 aliphatic carbocycles. The molecular weight excluding hydrogens is 601 g/mol. The Hall–Kier alpha value is -0.960. The molecule has 0 radical (unpaired) electrons. The van der Waals surface area contributed by atoms with Gasteiger partial charge in [0.25, 0.3) is 0 Å². The summed E-state index contributed by atoms with van der Waals surface area (Å²) in [6, 6.07) is 0. The van der Waals surface area contributed by atoms with Crippen molar-refractivity contribution in [2.75, 3.05) is 0 Å². The second kappa shape index (κ2) is 18.9. The highest BCUT2D eigenvalue weighted by Gasteiger charge is 2.59. The molecule has 0 nitrogen and oxygen atoms in total. The minimum absolute atomic E-state index is 0.283. The number of allylic oxidation sites excluding steroid dienone is 3. The van der Waals surface area contributed by atoms with Crippen molar-refractivity contribution in [1.82, 2.24) is 0 Å². The maximum Gasteiger partial charge on any atom is 0.0231 e. The van der Waals surface area contributed by atoms with Gasteiger partial charge < -0.3 is 0 Å². The normalized spacial score (nSPS) is 32.7. The lowest BCUT2D eigenvalue weighted by Crippen LogP contribution is -2.51. The van der Waals surface area contributed by atoms with Crippen molar-refractivity contribution < 1.29 is 0 Å². The molecule has 0 aliphatic heterocycles. The molecule has 3 aliphatic rings. The Morgan fingerprint density at radius 3 is 2.16 bits per heavy atom. The second-order valence-electron chi connectivity index (χ2n) is 20.3. The molecular formula is C50H88. The highest BCUT2D eigenvalue weighted by Crippen LogP contribution is 2.68. The van der Waals surface area contributed by atoms with E-state index in [-0.39, 0.29) is 5.41 Å². The molecule has 2 fully saturated rings. The van der Waals surface area contributed by atoms with Crippen molar-refractivity contribution in [2.45, 2.75) is 199 Å². The molecule has 13 atom stereocenters. The molecule has 0 amide bonds. The quantitative estimate of drug-likeness (QED) is 0.0678. The van der Waals surface area contributed by atoms with Crippen LogP contribution < -0.4 is 0 Å². The van der Waals surface area contributed by atoms with Crippen LogP contribution in [0.3, 0.4) is 0 Å². The first-order chi connectivity index (χ1) is 23.6. The van der Waals surface area contributed by atoms with Crippen LogP contribution >= 0.6 is 0 Å². The molecule has 0 aromatic rings. The molecule has 2 saturated carbocycles. The van der Waals surface area contributed by atoms with Crippen molar-refractivity contribution >= 4 is 0 Å². The molecule has 3 rings (SSSR count). The highest BCUT2D eigenvalue weighted by molar-refractivity contribution is 5.27. The number of rotatable bonds is 20. The van der Waals surface area contributed by atoms with Crippen LogP contribution in [0.25, 0.3) is 0 Å². The summed E-state index contributed by atoms with van der Waals surface area (Å²) in [4.78, 5) is 0. The molecule has 0 spiro atoms. The largest absolute Gasteiger partial charge is 0.120 e. The van der Waals surface area contributed by atoms with Gasteiger partial charge >= 0.3 is 0 Å². The van der Waals surface area contributed by atoms with Crippen molar-refractivity contribution in [3.8, 4) is 12.3 Å².